The minimum atomic E-state index is 0.571. The van der Waals surface area contributed by atoms with Crippen molar-refractivity contribution in [3.63, 3.8) is 0 Å². The van der Waals surface area contributed by atoms with Gasteiger partial charge in [-0.25, -0.2) is 9.98 Å². The van der Waals surface area contributed by atoms with Gasteiger partial charge in [0.2, 0.25) is 0 Å². The molecule has 0 radical (unpaired) electrons. The summed E-state index contributed by atoms with van der Waals surface area (Å²) in [7, 11) is 4.01. The van der Waals surface area contributed by atoms with Gasteiger partial charge in [0.1, 0.15) is 5.82 Å². The summed E-state index contributed by atoms with van der Waals surface area (Å²) in [5, 5.41) is 7.77. The first-order chi connectivity index (χ1) is 13.2. The van der Waals surface area contributed by atoms with Crippen molar-refractivity contribution in [2.75, 3.05) is 25.5 Å². The van der Waals surface area contributed by atoms with E-state index in [0.717, 1.165) is 40.5 Å². The lowest BCUT2D eigenvalue weighted by molar-refractivity contribution is 0.800. The van der Waals surface area contributed by atoms with Gasteiger partial charge in [0.25, 0.3) is 0 Å². The first-order valence-corrected chi connectivity index (χ1v) is 9.15. The molecule has 2 N–H and O–H groups in total. The standard InChI is InChI=1S/C21H26N6/c1-4-22-21(25-15-17-9-7-8-12-23-17)24-14-16-13-20(27(2)3)26-19-11-6-5-10-18(16)19/h5-13H,4,14-15H2,1-3H3,(H2,22,24,25). The maximum Gasteiger partial charge on any atom is 0.191 e. The molecule has 0 saturated carbocycles. The van der Waals surface area contributed by atoms with Gasteiger partial charge < -0.3 is 15.5 Å². The van der Waals surface area contributed by atoms with Gasteiger partial charge in [0, 0.05) is 32.2 Å². The quantitative estimate of drug-likeness (QED) is 0.521. The zero-order valence-corrected chi connectivity index (χ0v) is 16.1. The molecule has 6 nitrogen and oxygen atoms in total. The summed E-state index contributed by atoms with van der Waals surface area (Å²) in [6.45, 7) is 4.06. The lowest BCUT2D eigenvalue weighted by Crippen LogP contribution is -2.37. The molecule has 0 aliphatic rings. The van der Waals surface area contributed by atoms with Crippen LogP contribution in [0.5, 0.6) is 0 Å². The summed E-state index contributed by atoms with van der Waals surface area (Å²) < 4.78 is 0. The monoisotopic (exact) mass is 362 g/mol. The third-order valence-corrected chi connectivity index (χ3v) is 4.16. The van der Waals surface area contributed by atoms with Crippen LogP contribution in [0.15, 0.2) is 59.7 Å². The Labute approximate surface area is 160 Å². The number of pyridine rings is 2. The number of rotatable bonds is 6. The highest BCUT2D eigenvalue weighted by Crippen LogP contribution is 2.22. The van der Waals surface area contributed by atoms with Crippen LogP contribution < -0.4 is 15.5 Å². The highest BCUT2D eigenvalue weighted by Gasteiger charge is 2.07. The first kappa shape index (κ1) is 18.6. The Morgan fingerprint density at radius 2 is 1.89 bits per heavy atom. The van der Waals surface area contributed by atoms with E-state index >= 15 is 0 Å². The average molecular weight is 362 g/mol. The fourth-order valence-corrected chi connectivity index (χ4v) is 2.77. The van der Waals surface area contributed by atoms with Crippen molar-refractivity contribution in [1.82, 2.24) is 20.6 Å². The van der Waals surface area contributed by atoms with Crippen molar-refractivity contribution in [3.05, 3.63) is 66.0 Å². The predicted molar refractivity (Wildman–Crippen MR) is 112 cm³/mol. The lowest BCUT2D eigenvalue weighted by Gasteiger charge is -2.15. The highest BCUT2D eigenvalue weighted by molar-refractivity contribution is 5.85. The fraction of sp³-hybridized carbons (Fsp3) is 0.286. The van der Waals surface area contributed by atoms with Crippen molar-refractivity contribution in [3.8, 4) is 0 Å². The van der Waals surface area contributed by atoms with Crippen LogP contribution in [0, 0.1) is 0 Å². The second-order valence-electron chi connectivity index (χ2n) is 6.42. The molecule has 3 aromatic rings. The van der Waals surface area contributed by atoms with Crippen LogP contribution in [-0.4, -0.2) is 36.6 Å². The van der Waals surface area contributed by atoms with Crippen LogP contribution >= 0.6 is 0 Å². The van der Waals surface area contributed by atoms with E-state index in [9.17, 15) is 0 Å². The Kier molecular flexibility index (Phi) is 6.20. The van der Waals surface area contributed by atoms with Gasteiger partial charge in [-0.1, -0.05) is 24.3 Å². The van der Waals surface area contributed by atoms with Crippen molar-refractivity contribution in [2.45, 2.75) is 20.0 Å². The number of para-hydroxylation sites is 1. The van der Waals surface area contributed by atoms with Gasteiger partial charge in [0.05, 0.1) is 24.3 Å². The summed E-state index contributed by atoms with van der Waals surface area (Å²) >= 11 is 0. The number of benzene rings is 1. The summed E-state index contributed by atoms with van der Waals surface area (Å²) in [6.07, 6.45) is 1.80. The van der Waals surface area contributed by atoms with Gasteiger partial charge in [-0.2, -0.15) is 0 Å². The Bertz CT molecular complexity index is 905. The number of anilines is 1. The molecule has 3 rings (SSSR count). The average Bonchev–Trinajstić information content (AvgIpc) is 2.70. The van der Waals surface area contributed by atoms with Crippen molar-refractivity contribution >= 4 is 22.7 Å². The van der Waals surface area contributed by atoms with Crippen LogP contribution in [0.4, 0.5) is 5.82 Å². The molecule has 0 fully saturated rings. The Balaban J connectivity index is 1.82. The van der Waals surface area contributed by atoms with Gasteiger partial charge in [0.15, 0.2) is 5.96 Å². The second-order valence-corrected chi connectivity index (χ2v) is 6.42. The molecule has 140 valence electrons. The molecular weight excluding hydrogens is 336 g/mol. The summed E-state index contributed by atoms with van der Waals surface area (Å²) in [5.41, 5.74) is 3.12. The largest absolute Gasteiger partial charge is 0.363 e. The van der Waals surface area contributed by atoms with Crippen LogP contribution in [0.2, 0.25) is 0 Å². The number of hydrogen-bond donors (Lipinski definition) is 2. The number of fused-ring (bicyclic) bond motifs is 1. The summed E-state index contributed by atoms with van der Waals surface area (Å²) in [5.74, 6) is 1.71. The van der Waals surface area contributed by atoms with Gasteiger partial charge >= 0.3 is 0 Å². The topological polar surface area (TPSA) is 65.4 Å². The van der Waals surface area contributed by atoms with Crippen LogP contribution in [0.1, 0.15) is 18.2 Å². The molecule has 0 amide bonds. The predicted octanol–water partition coefficient (Wildman–Crippen LogP) is 2.95. The van der Waals surface area contributed by atoms with E-state index < -0.39 is 0 Å². The number of guanidine groups is 1. The third-order valence-electron chi connectivity index (χ3n) is 4.16. The van der Waals surface area contributed by atoms with Gasteiger partial charge in [-0.15, -0.1) is 0 Å². The smallest absolute Gasteiger partial charge is 0.191 e. The minimum absolute atomic E-state index is 0.571. The molecule has 2 heterocycles. The number of nitrogens with one attached hydrogen (secondary N) is 2. The molecule has 0 spiro atoms. The SMILES string of the molecule is CCNC(=NCc1cc(N(C)C)nc2ccccc12)NCc1ccccn1. The van der Waals surface area contributed by atoms with Crippen LogP contribution in [0.25, 0.3) is 10.9 Å². The van der Waals surface area contributed by atoms with E-state index in [1.54, 1.807) is 6.20 Å². The number of aromatic nitrogens is 2. The summed E-state index contributed by atoms with van der Waals surface area (Å²) in [4.78, 5) is 15.8. The number of hydrogen-bond acceptors (Lipinski definition) is 4. The normalized spacial score (nSPS) is 11.4. The Morgan fingerprint density at radius 3 is 2.63 bits per heavy atom. The fourth-order valence-electron chi connectivity index (χ4n) is 2.77. The maximum absolute atomic E-state index is 4.77. The molecule has 1 aromatic carbocycles. The Hall–Kier alpha value is -3.15. The zero-order chi connectivity index (χ0) is 19.1. The number of aliphatic imine (C=N–C) groups is 1. The molecule has 0 aliphatic heterocycles. The highest BCUT2D eigenvalue weighted by atomic mass is 15.2. The first-order valence-electron chi connectivity index (χ1n) is 9.15. The molecular formula is C21H26N6. The third kappa shape index (κ3) is 4.94. The van der Waals surface area contributed by atoms with Crippen molar-refractivity contribution in [1.29, 1.82) is 0 Å². The molecule has 0 aliphatic carbocycles. The zero-order valence-electron chi connectivity index (χ0n) is 16.1. The summed E-state index contributed by atoms with van der Waals surface area (Å²) in [6, 6.07) is 16.2. The molecule has 0 bridgehead atoms. The molecule has 0 atom stereocenters. The lowest BCUT2D eigenvalue weighted by atomic mass is 10.1. The van der Waals surface area contributed by atoms with E-state index in [-0.39, 0.29) is 0 Å². The van der Waals surface area contributed by atoms with E-state index in [4.69, 9.17) is 9.98 Å². The van der Waals surface area contributed by atoms with Gasteiger partial charge in [-0.05, 0) is 36.8 Å². The van der Waals surface area contributed by atoms with Gasteiger partial charge in [-0.3, -0.25) is 4.98 Å². The van der Waals surface area contributed by atoms with Crippen molar-refractivity contribution < 1.29 is 0 Å². The molecule has 6 heteroatoms. The van der Waals surface area contributed by atoms with Crippen LogP contribution in [-0.2, 0) is 13.1 Å². The van der Waals surface area contributed by atoms with E-state index in [0.29, 0.717) is 13.1 Å². The molecule has 2 aromatic heterocycles. The Morgan fingerprint density at radius 1 is 1.07 bits per heavy atom. The van der Waals surface area contributed by atoms with Crippen LogP contribution in [0.3, 0.4) is 0 Å². The molecule has 0 saturated heterocycles. The van der Waals surface area contributed by atoms with Crippen molar-refractivity contribution in [2.24, 2.45) is 4.99 Å². The minimum Gasteiger partial charge on any atom is -0.363 e. The maximum atomic E-state index is 4.77. The van der Waals surface area contributed by atoms with E-state index in [2.05, 4.69) is 34.7 Å². The van der Waals surface area contributed by atoms with E-state index in [1.807, 2.05) is 55.4 Å². The number of nitrogens with zero attached hydrogens (tertiary/aromatic N) is 4. The molecule has 27 heavy (non-hydrogen) atoms. The van der Waals surface area contributed by atoms with E-state index in [1.165, 1.54) is 0 Å². The second kappa shape index (κ2) is 8.98. The molecule has 0 unspecified atom stereocenters.